The normalized spacial score (nSPS) is 18.5. The quantitative estimate of drug-likeness (QED) is 0.812. The van der Waals surface area contributed by atoms with Gasteiger partial charge in [-0.3, -0.25) is 9.80 Å². The van der Waals surface area contributed by atoms with Crippen LogP contribution in [0.2, 0.25) is 0 Å². The lowest BCUT2D eigenvalue weighted by Crippen LogP contribution is -2.54. The summed E-state index contributed by atoms with van der Waals surface area (Å²) in [7, 11) is 0. The van der Waals surface area contributed by atoms with Crippen molar-refractivity contribution in [1.82, 2.24) is 20.0 Å². The number of nitrogens with one attached hydrogen (secondary N) is 1. The van der Waals surface area contributed by atoms with E-state index in [-0.39, 0.29) is 12.1 Å². The van der Waals surface area contributed by atoms with Gasteiger partial charge in [-0.1, -0.05) is 42.5 Å². The highest BCUT2D eigenvalue weighted by Crippen LogP contribution is 2.15. The maximum absolute atomic E-state index is 12.7. The summed E-state index contributed by atoms with van der Waals surface area (Å²) in [6.45, 7) is 7.18. The Bertz CT molecular complexity index is 876. The van der Waals surface area contributed by atoms with Crippen molar-refractivity contribution < 1.29 is 4.79 Å². The van der Waals surface area contributed by atoms with Gasteiger partial charge in [0.2, 0.25) is 0 Å². The third kappa shape index (κ3) is 6.06. The summed E-state index contributed by atoms with van der Waals surface area (Å²) in [5.74, 6) is 0. The summed E-state index contributed by atoms with van der Waals surface area (Å²) < 4.78 is 0. The monoisotopic (exact) mass is 417 g/mol. The molecule has 6 heteroatoms. The maximum Gasteiger partial charge on any atom is 0.317 e. The van der Waals surface area contributed by atoms with Gasteiger partial charge < -0.3 is 10.2 Å². The Morgan fingerprint density at radius 3 is 2.03 bits per heavy atom. The number of carbonyl (C=O) groups is 1. The molecular formula is C25H31N5O. The van der Waals surface area contributed by atoms with Crippen molar-refractivity contribution in [3.8, 4) is 6.07 Å². The number of carbonyl (C=O) groups excluding carboxylic acids is 1. The van der Waals surface area contributed by atoms with Crippen molar-refractivity contribution >= 4 is 6.03 Å². The van der Waals surface area contributed by atoms with Crippen LogP contribution in [0.15, 0.2) is 54.6 Å². The minimum Gasteiger partial charge on any atom is -0.335 e. The summed E-state index contributed by atoms with van der Waals surface area (Å²) in [4.78, 5) is 19.5. The predicted molar refractivity (Wildman–Crippen MR) is 121 cm³/mol. The smallest absolute Gasteiger partial charge is 0.317 e. The molecule has 31 heavy (non-hydrogen) atoms. The van der Waals surface area contributed by atoms with E-state index in [0.717, 1.165) is 65.2 Å². The van der Waals surface area contributed by atoms with Gasteiger partial charge in [0.05, 0.1) is 11.6 Å². The maximum atomic E-state index is 12.7. The molecule has 2 heterocycles. The average molecular weight is 418 g/mol. The number of nitrogens with zero attached hydrogens (tertiary/aromatic N) is 4. The van der Waals surface area contributed by atoms with Gasteiger partial charge in [-0.25, -0.2) is 4.79 Å². The minimum atomic E-state index is 0.0829. The van der Waals surface area contributed by atoms with E-state index in [1.54, 1.807) is 0 Å². The lowest BCUT2D eigenvalue weighted by molar-refractivity contribution is 0.127. The molecule has 0 atom stereocenters. The highest BCUT2D eigenvalue weighted by molar-refractivity contribution is 5.74. The summed E-state index contributed by atoms with van der Waals surface area (Å²) >= 11 is 0. The van der Waals surface area contributed by atoms with E-state index in [0.29, 0.717) is 5.56 Å². The Kier molecular flexibility index (Phi) is 7.18. The van der Waals surface area contributed by atoms with Crippen molar-refractivity contribution in [2.24, 2.45) is 0 Å². The molecule has 2 aliphatic heterocycles. The Labute approximate surface area is 185 Å². The van der Waals surface area contributed by atoms with E-state index < -0.39 is 0 Å². The van der Waals surface area contributed by atoms with Gasteiger partial charge in [0.1, 0.15) is 0 Å². The topological polar surface area (TPSA) is 62.6 Å². The van der Waals surface area contributed by atoms with Crippen molar-refractivity contribution in [2.45, 2.75) is 32.0 Å². The Morgan fingerprint density at radius 1 is 0.839 bits per heavy atom. The zero-order chi connectivity index (χ0) is 21.5. The first-order valence-electron chi connectivity index (χ1n) is 11.2. The molecule has 2 aromatic carbocycles. The number of hydrogen-bond acceptors (Lipinski definition) is 4. The largest absolute Gasteiger partial charge is 0.335 e. The zero-order valence-electron chi connectivity index (χ0n) is 18.0. The van der Waals surface area contributed by atoms with Crippen LogP contribution in [-0.2, 0) is 13.1 Å². The second kappa shape index (κ2) is 10.4. The van der Waals surface area contributed by atoms with E-state index in [1.165, 1.54) is 11.1 Å². The first-order chi connectivity index (χ1) is 15.2. The molecule has 4 rings (SSSR count). The van der Waals surface area contributed by atoms with E-state index in [9.17, 15) is 4.79 Å². The number of rotatable bonds is 5. The summed E-state index contributed by atoms with van der Waals surface area (Å²) in [5.41, 5.74) is 3.25. The molecule has 0 spiro atoms. The molecule has 2 aliphatic rings. The second-order valence-corrected chi connectivity index (χ2v) is 8.56. The summed E-state index contributed by atoms with van der Waals surface area (Å²) in [6.07, 6.45) is 2.02. The highest BCUT2D eigenvalue weighted by Gasteiger charge is 2.25. The van der Waals surface area contributed by atoms with Crippen molar-refractivity contribution in [1.29, 1.82) is 5.26 Å². The van der Waals surface area contributed by atoms with Crippen molar-refractivity contribution in [3.63, 3.8) is 0 Å². The first kappa shape index (κ1) is 21.4. The summed E-state index contributed by atoms with van der Waals surface area (Å²) in [6, 6.07) is 20.9. The van der Waals surface area contributed by atoms with Gasteiger partial charge in [0.25, 0.3) is 0 Å². The third-order valence-corrected chi connectivity index (χ3v) is 6.31. The Morgan fingerprint density at radius 2 is 1.42 bits per heavy atom. The van der Waals surface area contributed by atoms with E-state index >= 15 is 0 Å². The number of hydrogen-bond donors (Lipinski definition) is 1. The number of piperidine rings is 1. The first-order valence-corrected chi connectivity index (χ1v) is 11.2. The van der Waals surface area contributed by atoms with Gasteiger partial charge in [-0.05, 0) is 36.1 Å². The van der Waals surface area contributed by atoms with E-state index in [4.69, 9.17) is 5.26 Å². The van der Waals surface area contributed by atoms with Crippen LogP contribution in [0.3, 0.4) is 0 Å². The van der Waals surface area contributed by atoms with Gasteiger partial charge in [-0.2, -0.15) is 5.26 Å². The van der Waals surface area contributed by atoms with Crippen LogP contribution in [0.1, 0.15) is 29.5 Å². The highest BCUT2D eigenvalue weighted by atomic mass is 16.2. The van der Waals surface area contributed by atoms with Crippen LogP contribution in [0, 0.1) is 11.3 Å². The van der Waals surface area contributed by atoms with Gasteiger partial charge in [0.15, 0.2) is 0 Å². The molecular weight excluding hydrogens is 386 g/mol. The van der Waals surface area contributed by atoms with Crippen LogP contribution in [0.5, 0.6) is 0 Å². The molecule has 0 unspecified atom stereocenters. The van der Waals surface area contributed by atoms with Gasteiger partial charge in [0, 0.05) is 58.4 Å². The van der Waals surface area contributed by atoms with Crippen LogP contribution >= 0.6 is 0 Å². The number of benzene rings is 2. The second-order valence-electron chi connectivity index (χ2n) is 8.56. The van der Waals surface area contributed by atoms with Crippen molar-refractivity contribution in [3.05, 3.63) is 71.3 Å². The minimum absolute atomic E-state index is 0.0829. The molecule has 0 aliphatic carbocycles. The number of nitriles is 1. The van der Waals surface area contributed by atoms with Crippen molar-refractivity contribution in [2.75, 3.05) is 39.3 Å². The van der Waals surface area contributed by atoms with E-state index in [1.807, 2.05) is 29.2 Å². The fraction of sp³-hybridized carbons (Fsp3) is 0.440. The molecule has 2 saturated heterocycles. The fourth-order valence-electron chi connectivity index (χ4n) is 4.39. The number of likely N-dealkylation sites (tertiary alicyclic amines) is 1. The molecule has 6 nitrogen and oxygen atoms in total. The van der Waals surface area contributed by atoms with Gasteiger partial charge in [-0.15, -0.1) is 0 Å². The van der Waals surface area contributed by atoms with Crippen LogP contribution in [-0.4, -0.2) is 66.0 Å². The molecule has 2 amide bonds. The van der Waals surface area contributed by atoms with Crippen LogP contribution in [0.25, 0.3) is 0 Å². The molecule has 2 fully saturated rings. The molecule has 0 saturated carbocycles. The number of piperazine rings is 1. The molecule has 0 bridgehead atoms. The lowest BCUT2D eigenvalue weighted by Gasteiger charge is -2.37. The Balaban J connectivity index is 1.16. The van der Waals surface area contributed by atoms with Gasteiger partial charge >= 0.3 is 6.03 Å². The van der Waals surface area contributed by atoms with E-state index in [2.05, 4.69) is 51.5 Å². The number of urea groups is 1. The van der Waals surface area contributed by atoms with Crippen LogP contribution in [0.4, 0.5) is 4.79 Å². The third-order valence-electron chi connectivity index (χ3n) is 6.31. The standard InChI is InChI=1S/C25H31N5O/c26-18-21-6-8-23(9-7-21)20-29-14-16-30(17-15-29)25(31)27-24-10-12-28(13-11-24)19-22-4-2-1-3-5-22/h1-9,24H,10-17,19-20H2,(H,27,31). The summed E-state index contributed by atoms with van der Waals surface area (Å²) in [5, 5.41) is 12.2. The molecule has 1 N–H and O–H groups in total. The zero-order valence-corrected chi connectivity index (χ0v) is 18.0. The average Bonchev–Trinajstić information content (AvgIpc) is 2.82. The number of amides is 2. The fourth-order valence-corrected chi connectivity index (χ4v) is 4.39. The lowest BCUT2D eigenvalue weighted by atomic mass is 10.0. The van der Waals surface area contributed by atoms with Crippen LogP contribution < -0.4 is 5.32 Å². The predicted octanol–water partition coefficient (Wildman–Crippen LogP) is 3.05. The molecule has 162 valence electrons. The molecule has 0 radical (unpaired) electrons. The molecule has 2 aromatic rings. The SMILES string of the molecule is N#Cc1ccc(CN2CCN(C(=O)NC3CCN(Cc4ccccc4)CC3)CC2)cc1. The Hall–Kier alpha value is -2.88. The molecule has 0 aromatic heterocycles.